The molecule has 1 aromatic carbocycles. The first kappa shape index (κ1) is 28.7. The van der Waals surface area contributed by atoms with Gasteiger partial charge in [0.25, 0.3) is 0 Å². The molecule has 4 nitrogen and oxygen atoms in total. The van der Waals surface area contributed by atoms with Gasteiger partial charge in [-0.15, -0.1) is 0 Å². The van der Waals surface area contributed by atoms with Gasteiger partial charge in [0.15, 0.2) is 0 Å². The van der Waals surface area contributed by atoms with E-state index in [2.05, 4.69) is 77.6 Å². The Morgan fingerprint density at radius 2 is 1.64 bits per heavy atom. The second kappa shape index (κ2) is 8.77. The number of benzene rings is 1. The van der Waals surface area contributed by atoms with Gasteiger partial charge < -0.3 is 5.11 Å². The number of carboxylic acid groups (broad SMARTS) is 1. The van der Waals surface area contributed by atoms with E-state index in [9.17, 15) is 9.90 Å². The van der Waals surface area contributed by atoms with Crippen LogP contribution in [0.25, 0.3) is 5.69 Å². The Hall–Kier alpha value is -2.07. The van der Waals surface area contributed by atoms with Crippen molar-refractivity contribution in [2.45, 2.75) is 112 Å². The third kappa shape index (κ3) is 3.54. The third-order valence-electron chi connectivity index (χ3n) is 14.3. The van der Waals surface area contributed by atoms with E-state index < -0.39 is 11.4 Å². The maximum atomic E-state index is 13.0. The summed E-state index contributed by atoms with van der Waals surface area (Å²) in [6.07, 6.45) is 13.9. The lowest BCUT2D eigenvalue weighted by Gasteiger charge is -2.70. The van der Waals surface area contributed by atoms with Crippen LogP contribution in [0.2, 0.25) is 5.02 Å². The summed E-state index contributed by atoms with van der Waals surface area (Å²) >= 11 is 6.23. The minimum atomic E-state index is -0.580. The van der Waals surface area contributed by atoms with E-state index in [0.29, 0.717) is 11.8 Å². The van der Waals surface area contributed by atoms with E-state index in [4.69, 9.17) is 16.7 Å². The Kier molecular flexibility index (Phi) is 5.99. The topological polar surface area (TPSA) is 55.1 Å². The van der Waals surface area contributed by atoms with Gasteiger partial charge in [-0.25, -0.2) is 4.68 Å². The number of carbonyl (C=O) groups is 1. The molecule has 0 amide bonds. The molecule has 0 unspecified atom stereocenters. The van der Waals surface area contributed by atoms with Crippen molar-refractivity contribution in [3.05, 3.63) is 58.4 Å². The van der Waals surface area contributed by atoms with Gasteiger partial charge in [-0.3, -0.25) is 4.79 Å². The Morgan fingerprint density at radius 1 is 0.952 bits per heavy atom. The first-order valence-electron chi connectivity index (χ1n) is 16.4. The van der Waals surface area contributed by atoms with E-state index >= 15 is 0 Å². The number of rotatable bonds is 2. The normalized spacial score (nSPS) is 41.3. The lowest BCUT2D eigenvalue weighted by Crippen LogP contribution is -2.64. The molecule has 0 bridgehead atoms. The molecule has 1 N–H and O–H groups in total. The number of carboxylic acids is 1. The quantitative estimate of drug-likeness (QED) is 0.355. The van der Waals surface area contributed by atoms with Crippen molar-refractivity contribution in [1.29, 1.82) is 0 Å². The third-order valence-corrected chi connectivity index (χ3v) is 14.5. The number of halogens is 1. The van der Waals surface area contributed by atoms with Crippen LogP contribution < -0.4 is 0 Å². The number of nitrogens with zero attached hydrogens (tertiary/aromatic N) is 2. The zero-order valence-electron chi connectivity index (χ0n) is 26.7. The van der Waals surface area contributed by atoms with Crippen LogP contribution in [0.3, 0.4) is 0 Å². The fourth-order valence-corrected chi connectivity index (χ4v) is 12.1. The van der Waals surface area contributed by atoms with Crippen LogP contribution in [-0.2, 0) is 16.6 Å². The molecule has 2 aromatic rings. The number of fused-ring (bicyclic) bond motifs is 8. The molecule has 7 rings (SSSR count). The number of hydrogen-bond acceptors (Lipinski definition) is 2. The summed E-state index contributed by atoms with van der Waals surface area (Å²) in [6.45, 7) is 17.4. The molecule has 5 heteroatoms. The van der Waals surface area contributed by atoms with Crippen molar-refractivity contribution >= 4 is 17.6 Å². The number of aliphatic carboxylic acids is 1. The molecule has 0 aliphatic heterocycles. The van der Waals surface area contributed by atoms with Crippen molar-refractivity contribution in [2.24, 2.45) is 44.8 Å². The number of aromatic nitrogens is 2. The molecule has 0 spiro atoms. The molecule has 5 aliphatic rings. The Balaban J connectivity index is 1.31. The van der Waals surface area contributed by atoms with Gasteiger partial charge in [0.2, 0.25) is 0 Å². The molecule has 0 saturated heterocycles. The maximum absolute atomic E-state index is 13.0. The summed E-state index contributed by atoms with van der Waals surface area (Å²) in [5.74, 6) is 0.714. The van der Waals surface area contributed by atoms with Crippen LogP contribution in [0.4, 0.5) is 0 Å². The van der Waals surface area contributed by atoms with Crippen LogP contribution in [-0.4, -0.2) is 20.9 Å². The molecular formula is C37H49ClN2O2. The predicted molar refractivity (Wildman–Crippen MR) is 169 cm³/mol. The van der Waals surface area contributed by atoms with Gasteiger partial charge in [-0.1, -0.05) is 71.7 Å². The zero-order valence-corrected chi connectivity index (χ0v) is 27.4. The highest BCUT2D eigenvalue weighted by Gasteiger charge is 2.69. The first-order valence-corrected chi connectivity index (χ1v) is 16.7. The monoisotopic (exact) mass is 588 g/mol. The van der Waals surface area contributed by atoms with Crippen LogP contribution in [0.15, 0.2) is 42.1 Å². The highest BCUT2D eigenvalue weighted by molar-refractivity contribution is 6.30. The van der Waals surface area contributed by atoms with Gasteiger partial charge in [0.1, 0.15) is 0 Å². The SMILES string of the molecule is CC1(C)CC[C@]2(C(=O)O)CC[C@]3(C)C(=CC[C@@H]4[C@@]5(C)Cc6cnn(-c7ccc(Cl)cc7)c6C(C)(C)[C@@H]5CC[C@]43C)[C@@H]2C1. The largest absolute Gasteiger partial charge is 0.481 e. The lowest BCUT2D eigenvalue weighted by molar-refractivity contribution is -0.177. The molecule has 3 fully saturated rings. The van der Waals surface area contributed by atoms with Crippen molar-refractivity contribution in [3.8, 4) is 5.69 Å². The molecule has 226 valence electrons. The highest BCUT2D eigenvalue weighted by atomic mass is 35.5. The molecule has 7 atom stereocenters. The minimum Gasteiger partial charge on any atom is -0.481 e. The van der Waals surface area contributed by atoms with Crippen LogP contribution in [0.5, 0.6) is 0 Å². The van der Waals surface area contributed by atoms with E-state index in [1.165, 1.54) is 29.7 Å². The average molecular weight is 589 g/mol. The van der Waals surface area contributed by atoms with E-state index in [0.717, 1.165) is 55.7 Å². The second-order valence-corrected chi connectivity index (χ2v) is 17.4. The second-order valence-electron chi connectivity index (χ2n) is 17.0. The molecule has 5 aliphatic carbocycles. The van der Waals surface area contributed by atoms with Crippen molar-refractivity contribution in [1.82, 2.24) is 9.78 Å². The summed E-state index contributed by atoms with van der Waals surface area (Å²) in [5, 5.41) is 16.4. The maximum Gasteiger partial charge on any atom is 0.310 e. The molecule has 1 aromatic heterocycles. The number of allylic oxidation sites excluding steroid dienone is 2. The van der Waals surface area contributed by atoms with E-state index in [-0.39, 0.29) is 33.0 Å². The fraction of sp³-hybridized carbons (Fsp3) is 0.676. The Bertz CT molecular complexity index is 1490. The molecule has 42 heavy (non-hydrogen) atoms. The summed E-state index contributed by atoms with van der Waals surface area (Å²) in [7, 11) is 0. The lowest BCUT2D eigenvalue weighted by atomic mass is 9.33. The van der Waals surface area contributed by atoms with Gasteiger partial charge in [0.05, 0.1) is 23.0 Å². The summed E-state index contributed by atoms with van der Waals surface area (Å²) in [5.41, 5.74) is 5.27. The average Bonchev–Trinajstić information content (AvgIpc) is 3.33. The van der Waals surface area contributed by atoms with Crippen molar-refractivity contribution in [3.63, 3.8) is 0 Å². The smallest absolute Gasteiger partial charge is 0.310 e. The molecule has 3 saturated carbocycles. The van der Waals surface area contributed by atoms with Crippen LogP contribution >= 0.6 is 11.6 Å². The first-order chi connectivity index (χ1) is 19.6. The predicted octanol–water partition coefficient (Wildman–Crippen LogP) is 9.43. The minimum absolute atomic E-state index is 0.0247. The summed E-state index contributed by atoms with van der Waals surface area (Å²) in [4.78, 5) is 13.0. The number of hydrogen-bond donors (Lipinski definition) is 1. The molecule has 0 radical (unpaired) electrons. The van der Waals surface area contributed by atoms with Gasteiger partial charge >= 0.3 is 5.97 Å². The van der Waals surface area contributed by atoms with E-state index in [1.807, 2.05) is 12.1 Å². The standard InChI is InChI=1S/C37H49ClN2O2/c1-32(2)16-18-37(31(41)42)19-17-35(6)26(27(37)21-32)12-13-29-34(5)20-23-22-39-40(25-10-8-24(38)9-11-25)30(23)33(3,4)28(34)14-15-36(29,35)7/h8-12,22,27-29H,13-21H2,1-7H3,(H,41,42)/t27-,28-,29+,34-,35+,36+,37-/m0/s1. The molecular weight excluding hydrogens is 540 g/mol. The summed E-state index contributed by atoms with van der Waals surface area (Å²) in [6, 6.07) is 8.08. The van der Waals surface area contributed by atoms with Gasteiger partial charge in [0, 0.05) is 10.4 Å². The van der Waals surface area contributed by atoms with E-state index in [1.54, 1.807) is 0 Å². The van der Waals surface area contributed by atoms with Crippen molar-refractivity contribution < 1.29 is 9.90 Å². The van der Waals surface area contributed by atoms with Gasteiger partial charge in [-0.05, 0) is 127 Å². The fourth-order valence-electron chi connectivity index (χ4n) is 12.0. The van der Waals surface area contributed by atoms with Crippen LogP contribution in [0, 0.1) is 44.8 Å². The zero-order chi connectivity index (χ0) is 30.1. The summed E-state index contributed by atoms with van der Waals surface area (Å²) < 4.78 is 2.18. The van der Waals surface area contributed by atoms with Crippen LogP contribution in [0.1, 0.15) is 111 Å². The molecule has 1 heterocycles. The van der Waals surface area contributed by atoms with Crippen molar-refractivity contribution in [2.75, 3.05) is 0 Å². The highest BCUT2D eigenvalue weighted by Crippen LogP contribution is 2.75. The van der Waals surface area contributed by atoms with Gasteiger partial charge in [-0.2, -0.15) is 5.10 Å². The Labute approximate surface area is 257 Å². The Morgan fingerprint density at radius 3 is 2.33 bits per heavy atom.